The molecule has 3 aromatic heterocycles. The summed E-state index contributed by atoms with van der Waals surface area (Å²) in [6, 6.07) is 19.5. The molecule has 0 saturated heterocycles. The van der Waals surface area contributed by atoms with Crippen molar-refractivity contribution >= 4 is 26.7 Å². The molecule has 10 nitrogen and oxygen atoms in total. The smallest absolute Gasteiger partial charge is 0.263 e. The van der Waals surface area contributed by atoms with E-state index in [4.69, 9.17) is 4.74 Å². The first-order valence-electron chi connectivity index (χ1n) is 10.5. The number of aromatic nitrogens is 5. The lowest BCUT2D eigenvalue weighted by molar-refractivity contribution is 0.479. The third-order valence-electron chi connectivity index (χ3n) is 5.22. The van der Waals surface area contributed by atoms with Gasteiger partial charge in [-0.05, 0) is 30.3 Å². The van der Waals surface area contributed by atoms with Gasteiger partial charge in [0.25, 0.3) is 10.0 Å². The van der Waals surface area contributed by atoms with E-state index in [1.165, 1.54) is 24.5 Å². The molecule has 0 bridgehead atoms. The average molecular weight is 516 g/mol. The van der Waals surface area contributed by atoms with Gasteiger partial charge in [0.15, 0.2) is 5.75 Å². The molecule has 5 aromatic rings. The van der Waals surface area contributed by atoms with Gasteiger partial charge in [0.2, 0.25) is 5.13 Å². The topological polar surface area (TPSA) is 136 Å². The molecule has 0 aliphatic carbocycles. The van der Waals surface area contributed by atoms with E-state index in [0.29, 0.717) is 11.3 Å². The number of nitrogens with one attached hydrogen (secondary N) is 1. The number of hydrogen-bond donors (Lipinski definition) is 1. The van der Waals surface area contributed by atoms with Crippen molar-refractivity contribution in [2.24, 2.45) is 7.05 Å². The molecule has 0 aliphatic heterocycles. The van der Waals surface area contributed by atoms with E-state index in [-0.39, 0.29) is 21.3 Å². The van der Waals surface area contributed by atoms with Gasteiger partial charge in [-0.3, -0.25) is 14.4 Å². The molecule has 12 heteroatoms. The normalized spacial score (nSPS) is 11.1. The lowest BCUT2D eigenvalue weighted by atomic mass is 10.1. The number of sulfonamides is 1. The molecule has 36 heavy (non-hydrogen) atoms. The second-order valence-corrected chi connectivity index (χ2v) is 9.96. The number of nitriles is 1. The zero-order valence-electron chi connectivity index (χ0n) is 18.7. The fraction of sp³-hybridized carbons (Fsp3) is 0.0417. The molecule has 2 aromatic carbocycles. The van der Waals surface area contributed by atoms with Gasteiger partial charge in [-0.1, -0.05) is 30.3 Å². The number of hydrogen-bond acceptors (Lipinski definition) is 9. The van der Waals surface area contributed by atoms with Crippen molar-refractivity contribution in [2.75, 3.05) is 4.72 Å². The zero-order valence-corrected chi connectivity index (χ0v) is 20.4. The maximum Gasteiger partial charge on any atom is 0.263 e. The molecule has 0 saturated carbocycles. The van der Waals surface area contributed by atoms with Crippen LogP contribution in [0.1, 0.15) is 5.56 Å². The molecule has 1 N–H and O–H groups in total. The van der Waals surface area contributed by atoms with Crippen molar-refractivity contribution in [3.8, 4) is 40.1 Å². The molecular formula is C24H17N7O3S2. The highest BCUT2D eigenvalue weighted by Crippen LogP contribution is 2.36. The lowest BCUT2D eigenvalue weighted by Gasteiger charge is -2.14. The Labute approximate surface area is 210 Å². The summed E-state index contributed by atoms with van der Waals surface area (Å²) in [6.07, 6.45) is 4.50. The molecule has 3 heterocycles. The molecular weight excluding hydrogens is 498 g/mol. The van der Waals surface area contributed by atoms with E-state index < -0.39 is 10.0 Å². The summed E-state index contributed by atoms with van der Waals surface area (Å²) in [6.45, 7) is 0. The molecule has 0 radical (unpaired) electrons. The Morgan fingerprint density at radius 2 is 1.89 bits per heavy atom. The van der Waals surface area contributed by atoms with Gasteiger partial charge >= 0.3 is 0 Å². The summed E-state index contributed by atoms with van der Waals surface area (Å²) in [5.41, 5.74) is 3.20. The Hall–Kier alpha value is -4.60. The number of anilines is 1. The Morgan fingerprint density at radius 1 is 1.06 bits per heavy atom. The summed E-state index contributed by atoms with van der Waals surface area (Å²) < 4.78 is 39.4. The van der Waals surface area contributed by atoms with E-state index in [0.717, 1.165) is 28.5 Å². The summed E-state index contributed by atoms with van der Waals surface area (Å²) in [4.78, 5) is 8.27. The van der Waals surface area contributed by atoms with Crippen molar-refractivity contribution < 1.29 is 13.2 Å². The van der Waals surface area contributed by atoms with Crippen LogP contribution in [0, 0.1) is 11.3 Å². The van der Waals surface area contributed by atoms with Crippen LogP contribution in [0.15, 0.2) is 84.3 Å². The molecule has 5 rings (SSSR count). The Bertz CT molecular complexity index is 1680. The second kappa shape index (κ2) is 9.57. The molecule has 0 aliphatic rings. The number of aryl methyl sites for hydroxylation is 1. The van der Waals surface area contributed by atoms with Gasteiger partial charge in [0.05, 0.1) is 28.0 Å². The van der Waals surface area contributed by atoms with E-state index in [2.05, 4.69) is 24.2 Å². The number of ether oxygens (including phenoxy) is 1. The van der Waals surface area contributed by atoms with Crippen LogP contribution in [0.3, 0.4) is 0 Å². The fourth-order valence-electron chi connectivity index (χ4n) is 3.49. The van der Waals surface area contributed by atoms with Crippen LogP contribution in [-0.2, 0) is 17.1 Å². The summed E-state index contributed by atoms with van der Waals surface area (Å²) in [5, 5.41) is 14.1. The van der Waals surface area contributed by atoms with Crippen molar-refractivity contribution in [3.63, 3.8) is 0 Å². The number of rotatable bonds is 7. The first-order chi connectivity index (χ1) is 17.4. The van der Waals surface area contributed by atoms with Gasteiger partial charge in [-0.25, -0.2) is 13.4 Å². The van der Waals surface area contributed by atoms with Gasteiger partial charge in [0, 0.05) is 35.9 Å². The number of benzene rings is 2. The predicted octanol–water partition coefficient (Wildman–Crippen LogP) is 4.47. The standard InChI is InChI=1S/C24H17N7O3S2/c1-31-21(9-10-28-31)19-12-20(16-5-3-2-4-6-16)26-14-23(19)34-22-8-7-18(11-17(22)13-25)36(32,33)30-24-27-15-29-35-24/h2-12,14-15H,1H3,(H,27,29,30). The fourth-order valence-corrected chi connectivity index (χ4v) is 5.18. The second-order valence-electron chi connectivity index (χ2n) is 7.50. The minimum atomic E-state index is -3.96. The first-order valence-corrected chi connectivity index (χ1v) is 12.8. The van der Waals surface area contributed by atoms with Crippen LogP contribution in [0.2, 0.25) is 0 Å². The van der Waals surface area contributed by atoms with E-state index in [1.54, 1.807) is 17.1 Å². The largest absolute Gasteiger partial charge is 0.454 e. The molecule has 0 unspecified atom stereocenters. The van der Waals surface area contributed by atoms with Crippen LogP contribution in [-0.4, -0.2) is 32.5 Å². The van der Waals surface area contributed by atoms with Crippen LogP contribution in [0.25, 0.3) is 22.5 Å². The van der Waals surface area contributed by atoms with Crippen molar-refractivity contribution in [2.45, 2.75) is 4.90 Å². The highest BCUT2D eigenvalue weighted by atomic mass is 32.2. The quantitative estimate of drug-likeness (QED) is 0.335. The Morgan fingerprint density at radius 3 is 2.58 bits per heavy atom. The van der Waals surface area contributed by atoms with Gasteiger partial charge in [0.1, 0.15) is 18.1 Å². The molecule has 0 atom stereocenters. The predicted molar refractivity (Wildman–Crippen MR) is 134 cm³/mol. The SMILES string of the molecule is Cn1nccc1-c1cc(-c2ccccc2)ncc1Oc1ccc(S(=O)(=O)Nc2ncns2)cc1C#N. The van der Waals surface area contributed by atoms with E-state index in [1.807, 2.05) is 55.6 Å². The van der Waals surface area contributed by atoms with E-state index >= 15 is 0 Å². The maximum atomic E-state index is 12.7. The average Bonchev–Trinajstić information content (AvgIpc) is 3.56. The van der Waals surface area contributed by atoms with Crippen LogP contribution < -0.4 is 9.46 Å². The Kier molecular flexibility index (Phi) is 6.16. The Balaban J connectivity index is 1.53. The minimum Gasteiger partial charge on any atom is -0.454 e. The van der Waals surface area contributed by atoms with Gasteiger partial charge in [-0.2, -0.15) is 14.7 Å². The molecule has 0 fully saturated rings. The third kappa shape index (κ3) is 4.65. The highest BCUT2D eigenvalue weighted by molar-refractivity contribution is 7.93. The van der Waals surface area contributed by atoms with Crippen molar-refractivity contribution in [1.82, 2.24) is 24.1 Å². The molecule has 0 amide bonds. The van der Waals surface area contributed by atoms with Crippen molar-refractivity contribution in [1.29, 1.82) is 5.26 Å². The van der Waals surface area contributed by atoms with Gasteiger partial charge < -0.3 is 4.74 Å². The minimum absolute atomic E-state index is 0.0400. The van der Waals surface area contributed by atoms with Gasteiger partial charge in [-0.15, -0.1) is 0 Å². The third-order valence-corrected chi connectivity index (χ3v) is 7.26. The number of pyridine rings is 1. The monoisotopic (exact) mass is 515 g/mol. The van der Waals surface area contributed by atoms with E-state index in [9.17, 15) is 13.7 Å². The summed E-state index contributed by atoms with van der Waals surface area (Å²) >= 11 is 0.905. The van der Waals surface area contributed by atoms with Crippen LogP contribution in [0.5, 0.6) is 11.5 Å². The molecule has 0 spiro atoms. The van der Waals surface area contributed by atoms with Crippen molar-refractivity contribution in [3.05, 3.63) is 84.9 Å². The number of nitrogens with zero attached hydrogens (tertiary/aromatic N) is 6. The lowest BCUT2D eigenvalue weighted by Crippen LogP contribution is -2.13. The molecule has 178 valence electrons. The highest BCUT2D eigenvalue weighted by Gasteiger charge is 2.20. The first kappa shape index (κ1) is 23.2. The zero-order chi connectivity index (χ0) is 25.1. The van der Waals surface area contributed by atoms with Crippen LogP contribution >= 0.6 is 11.5 Å². The maximum absolute atomic E-state index is 12.7. The van der Waals surface area contributed by atoms with Crippen LogP contribution in [0.4, 0.5) is 5.13 Å². The summed E-state index contributed by atoms with van der Waals surface area (Å²) in [7, 11) is -2.15. The summed E-state index contributed by atoms with van der Waals surface area (Å²) in [5.74, 6) is 0.572.